The van der Waals surface area contributed by atoms with Gasteiger partial charge in [0.05, 0.1) is 25.6 Å². The van der Waals surface area contributed by atoms with E-state index in [2.05, 4.69) is 51.8 Å². The topological polar surface area (TPSA) is 105 Å². The molecular weight excluding hydrogens is 496 g/mol. The van der Waals surface area contributed by atoms with Crippen LogP contribution in [0, 0.1) is 0 Å². The number of imidazole rings is 1. The molecule has 0 fully saturated rings. The third-order valence-electron chi connectivity index (χ3n) is 7.61. The van der Waals surface area contributed by atoms with Gasteiger partial charge in [0, 0.05) is 11.8 Å². The van der Waals surface area contributed by atoms with E-state index in [0.29, 0.717) is 5.89 Å². The molecule has 0 aliphatic heterocycles. The maximum absolute atomic E-state index is 11.7. The predicted octanol–water partition coefficient (Wildman–Crippen LogP) is 6.38. The first-order valence-electron chi connectivity index (χ1n) is 12.9. The number of oxazole rings is 1. The van der Waals surface area contributed by atoms with Gasteiger partial charge in [-0.05, 0) is 73.8 Å². The number of aryl methyl sites for hydroxylation is 1. The zero-order valence-corrected chi connectivity index (χ0v) is 24.3. The number of hydrogen-bond donors (Lipinski definition) is 1. The standard InChI is InChI=1S/C29H38N4O4Si/c1-19(37-38(6,7)29(2,3)4)25(33-17-24(27(30)34)31-18-33)16-13-20-9-8-10-23-26(20)36-28(32-23)21-11-14-22(35-5)15-12-21/h8-12,14-15,17-19,25H,13,16H2,1-7H3,(H2,30,34)/t19-,25+/m0/s1. The first kappa shape index (κ1) is 27.6. The average Bonchev–Trinajstić information content (AvgIpc) is 3.51. The van der Waals surface area contributed by atoms with Gasteiger partial charge in [0.1, 0.15) is 17.0 Å². The van der Waals surface area contributed by atoms with E-state index in [9.17, 15) is 4.79 Å². The van der Waals surface area contributed by atoms with Crippen LogP contribution >= 0.6 is 0 Å². The van der Waals surface area contributed by atoms with Crippen LogP contribution in [-0.4, -0.2) is 42.0 Å². The molecule has 0 unspecified atom stereocenters. The number of primary amides is 1. The Morgan fingerprint density at radius 1 is 1.16 bits per heavy atom. The molecule has 9 heteroatoms. The summed E-state index contributed by atoms with van der Waals surface area (Å²) in [6.07, 6.45) is 4.77. The number of methoxy groups -OCH3 is 1. The first-order valence-corrected chi connectivity index (χ1v) is 15.8. The second-order valence-corrected chi connectivity index (χ2v) is 16.0. The molecule has 8 nitrogen and oxygen atoms in total. The largest absolute Gasteiger partial charge is 0.497 e. The van der Waals surface area contributed by atoms with Gasteiger partial charge in [-0.25, -0.2) is 9.97 Å². The minimum absolute atomic E-state index is 0.0519. The summed E-state index contributed by atoms with van der Waals surface area (Å²) in [5, 5.41) is 0.0718. The Hall–Kier alpha value is -3.43. The SMILES string of the molecule is COc1ccc(-c2nc3cccc(CC[C@H]([C@H](C)O[Si](C)(C)C(C)(C)C)n4cnc(C(N)=O)c4)c3o2)cc1. The Labute approximate surface area is 225 Å². The van der Waals surface area contributed by atoms with E-state index < -0.39 is 14.2 Å². The van der Waals surface area contributed by atoms with Crippen LogP contribution in [0.1, 0.15) is 56.2 Å². The molecular formula is C29H38N4O4Si. The number of hydrogen-bond acceptors (Lipinski definition) is 6. The van der Waals surface area contributed by atoms with Crippen molar-refractivity contribution in [2.75, 3.05) is 7.11 Å². The van der Waals surface area contributed by atoms with Crippen molar-refractivity contribution in [3.63, 3.8) is 0 Å². The Morgan fingerprint density at radius 2 is 1.87 bits per heavy atom. The number of para-hydroxylation sites is 1. The Kier molecular flexibility index (Phi) is 7.80. The number of nitrogens with zero attached hydrogens (tertiary/aromatic N) is 3. The number of carbonyl (C=O) groups is 1. The molecule has 0 spiro atoms. The summed E-state index contributed by atoms with van der Waals surface area (Å²) in [7, 11) is -0.391. The van der Waals surface area contributed by atoms with E-state index in [0.717, 1.165) is 40.8 Å². The smallest absolute Gasteiger partial charge is 0.268 e. The van der Waals surface area contributed by atoms with Crippen molar-refractivity contribution < 1.29 is 18.4 Å². The Balaban J connectivity index is 1.62. The van der Waals surface area contributed by atoms with Crippen molar-refractivity contribution in [1.29, 1.82) is 0 Å². The normalized spacial score (nSPS) is 14.0. The highest BCUT2D eigenvalue weighted by molar-refractivity contribution is 6.74. The van der Waals surface area contributed by atoms with Crippen LogP contribution in [0.3, 0.4) is 0 Å². The zero-order chi connectivity index (χ0) is 27.7. The van der Waals surface area contributed by atoms with Crippen LogP contribution in [0.5, 0.6) is 5.75 Å². The molecule has 0 saturated carbocycles. The van der Waals surface area contributed by atoms with Crippen molar-refractivity contribution in [3.8, 4) is 17.2 Å². The lowest BCUT2D eigenvalue weighted by atomic mass is 10.0. The first-order chi connectivity index (χ1) is 17.9. The van der Waals surface area contributed by atoms with Gasteiger partial charge in [-0.15, -0.1) is 0 Å². The van der Waals surface area contributed by atoms with Crippen molar-refractivity contribution >= 4 is 25.3 Å². The molecule has 0 radical (unpaired) electrons. The molecule has 0 bridgehead atoms. The highest BCUT2D eigenvalue weighted by Crippen LogP contribution is 2.39. The highest BCUT2D eigenvalue weighted by atomic mass is 28.4. The van der Waals surface area contributed by atoms with Crippen LogP contribution in [-0.2, 0) is 10.8 Å². The third-order valence-corrected chi connectivity index (χ3v) is 12.2. The van der Waals surface area contributed by atoms with Crippen molar-refractivity contribution in [2.24, 2.45) is 5.73 Å². The van der Waals surface area contributed by atoms with Gasteiger partial charge in [-0.2, -0.15) is 0 Å². The molecule has 202 valence electrons. The number of aromatic nitrogens is 3. The van der Waals surface area contributed by atoms with E-state index in [1.165, 1.54) is 0 Å². The summed E-state index contributed by atoms with van der Waals surface area (Å²) in [6.45, 7) is 13.3. The van der Waals surface area contributed by atoms with E-state index in [-0.39, 0.29) is 22.9 Å². The molecule has 0 saturated heterocycles. The van der Waals surface area contributed by atoms with Gasteiger partial charge < -0.3 is 23.9 Å². The lowest BCUT2D eigenvalue weighted by Crippen LogP contribution is -2.45. The predicted molar refractivity (Wildman–Crippen MR) is 152 cm³/mol. The maximum atomic E-state index is 11.7. The van der Waals surface area contributed by atoms with Crippen molar-refractivity contribution in [2.45, 2.75) is 70.8 Å². The molecule has 4 rings (SSSR count). The average molecular weight is 535 g/mol. The lowest BCUT2D eigenvalue weighted by Gasteiger charge is -2.40. The van der Waals surface area contributed by atoms with Crippen LogP contribution in [0.4, 0.5) is 0 Å². The fourth-order valence-corrected chi connectivity index (χ4v) is 5.80. The van der Waals surface area contributed by atoms with Gasteiger partial charge in [-0.1, -0.05) is 32.9 Å². The highest BCUT2D eigenvalue weighted by Gasteiger charge is 2.40. The molecule has 2 atom stereocenters. The molecule has 0 aliphatic rings. The number of ether oxygens (including phenoxy) is 1. The van der Waals surface area contributed by atoms with Gasteiger partial charge in [0.25, 0.3) is 5.91 Å². The van der Waals surface area contributed by atoms with Crippen LogP contribution in [0.25, 0.3) is 22.6 Å². The number of amides is 1. The fraction of sp³-hybridized carbons (Fsp3) is 0.414. The van der Waals surface area contributed by atoms with E-state index >= 15 is 0 Å². The summed E-state index contributed by atoms with van der Waals surface area (Å²) >= 11 is 0. The molecule has 2 aromatic heterocycles. The Bertz CT molecular complexity index is 1400. The molecule has 38 heavy (non-hydrogen) atoms. The van der Waals surface area contributed by atoms with E-state index in [4.69, 9.17) is 24.3 Å². The fourth-order valence-electron chi connectivity index (χ4n) is 4.35. The summed E-state index contributed by atoms with van der Waals surface area (Å²) in [5.74, 6) is 0.810. The van der Waals surface area contributed by atoms with Crippen LogP contribution in [0.2, 0.25) is 18.1 Å². The molecule has 1 amide bonds. The quantitative estimate of drug-likeness (QED) is 0.237. The second-order valence-electron chi connectivity index (χ2n) is 11.3. The van der Waals surface area contributed by atoms with Gasteiger partial charge >= 0.3 is 0 Å². The van der Waals surface area contributed by atoms with Crippen molar-refractivity contribution in [3.05, 3.63) is 66.2 Å². The molecule has 4 aromatic rings. The number of carbonyl (C=O) groups excluding carboxylic acids is 1. The molecule has 0 aliphatic carbocycles. The number of benzene rings is 2. The van der Waals surface area contributed by atoms with Gasteiger partial charge in [0.15, 0.2) is 13.9 Å². The summed E-state index contributed by atoms with van der Waals surface area (Å²) in [5.41, 5.74) is 9.28. The molecule has 2 aromatic carbocycles. The number of nitrogens with two attached hydrogens (primary N) is 1. The third kappa shape index (κ3) is 5.84. The lowest BCUT2D eigenvalue weighted by molar-refractivity contribution is 0.0995. The Morgan fingerprint density at radius 3 is 2.47 bits per heavy atom. The zero-order valence-electron chi connectivity index (χ0n) is 23.3. The van der Waals surface area contributed by atoms with Gasteiger partial charge in [-0.3, -0.25) is 4.79 Å². The van der Waals surface area contributed by atoms with Crippen LogP contribution in [0.15, 0.2) is 59.4 Å². The number of fused-ring (bicyclic) bond motifs is 1. The minimum atomic E-state index is -2.03. The molecule has 2 heterocycles. The summed E-state index contributed by atoms with van der Waals surface area (Å²) in [6, 6.07) is 13.7. The van der Waals surface area contributed by atoms with E-state index in [1.807, 2.05) is 41.0 Å². The van der Waals surface area contributed by atoms with Gasteiger partial charge in [0.2, 0.25) is 5.89 Å². The maximum Gasteiger partial charge on any atom is 0.268 e. The molecule has 2 N–H and O–H groups in total. The minimum Gasteiger partial charge on any atom is -0.497 e. The second kappa shape index (κ2) is 10.7. The monoisotopic (exact) mass is 534 g/mol. The van der Waals surface area contributed by atoms with Crippen LogP contribution < -0.4 is 10.5 Å². The number of rotatable bonds is 10. The summed E-state index contributed by atoms with van der Waals surface area (Å²) < 4.78 is 20.3. The summed E-state index contributed by atoms with van der Waals surface area (Å²) in [4.78, 5) is 20.7. The van der Waals surface area contributed by atoms with Crippen molar-refractivity contribution in [1.82, 2.24) is 14.5 Å². The van der Waals surface area contributed by atoms with E-state index in [1.54, 1.807) is 19.6 Å².